The third-order valence-electron chi connectivity index (χ3n) is 2.74. The van der Waals surface area contributed by atoms with E-state index in [1.807, 2.05) is 6.07 Å². The van der Waals surface area contributed by atoms with E-state index in [2.05, 4.69) is 10.1 Å². The van der Waals surface area contributed by atoms with E-state index in [9.17, 15) is 4.79 Å². The summed E-state index contributed by atoms with van der Waals surface area (Å²) in [6.07, 6.45) is 1.66. The van der Waals surface area contributed by atoms with Gasteiger partial charge in [-0.15, -0.1) is 5.10 Å². The number of aromatic carboxylic acids is 1. The lowest BCUT2D eigenvalue weighted by Gasteiger charge is -1.95. The first-order chi connectivity index (χ1) is 9.15. The minimum atomic E-state index is -1.03. The number of carbonyl (C=O) groups is 1. The second-order valence-corrected chi connectivity index (χ2v) is 4.06. The topological polar surface area (TPSA) is 93.5 Å². The van der Waals surface area contributed by atoms with Gasteiger partial charge in [-0.1, -0.05) is 12.1 Å². The number of pyridine rings is 1. The van der Waals surface area contributed by atoms with Gasteiger partial charge in [0.15, 0.2) is 11.5 Å². The number of rotatable bonds is 2. The minimum Gasteiger partial charge on any atom is -0.478 e. The molecule has 0 saturated heterocycles. The molecule has 3 rings (SSSR count). The van der Waals surface area contributed by atoms with Crippen molar-refractivity contribution >= 4 is 17.3 Å². The highest BCUT2D eigenvalue weighted by atomic mass is 16.4. The number of carboxylic acid groups (broad SMARTS) is 1. The predicted octanol–water partition coefficient (Wildman–Crippen LogP) is 1.68. The summed E-state index contributed by atoms with van der Waals surface area (Å²) < 4.78 is 1.45. The molecule has 0 bridgehead atoms. The van der Waals surface area contributed by atoms with Gasteiger partial charge in [-0.05, 0) is 24.3 Å². The lowest BCUT2D eigenvalue weighted by Crippen LogP contribution is -2.00. The van der Waals surface area contributed by atoms with E-state index >= 15 is 0 Å². The van der Waals surface area contributed by atoms with Crippen LogP contribution >= 0.6 is 0 Å². The maximum atomic E-state index is 11.1. The van der Waals surface area contributed by atoms with Crippen LogP contribution in [0.1, 0.15) is 10.4 Å². The number of hydrogen-bond donors (Lipinski definition) is 2. The first kappa shape index (κ1) is 11.2. The van der Waals surface area contributed by atoms with Crippen molar-refractivity contribution in [2.24, 2.45) is 0 Å². The smallest absolute Gasteiger partial charge is 0.339 e. The van der Waals surface area contributed by atoms with E-state index in [1.165, 1.54) is 10.6 Å². The van der Waals surface area contributed by atoms with E-state index in [4.69, 9.17) is 10.8 Å². The van der Waals surface area contributed by atoms with Gasteiger partial charge in [-0.2, -0.15) is 0 Å². The van der Waals surface area contributed by atoms with E-state index in [1.54, 1.807) is 30.5 Å². The molecular weight excluding hydrogens is 244 g/mol. The molecule has 0 amide bonds. The summed E-state index contributed by atoms with van der Waals surface area (Å²) in [4.78, 5) is 15.4. The Morgan fingerprint density at radius 3 is 2.84 bits per heavy atom. The maximum Gasteiger partial charge on any atom is 0.339 e. The molecule has 1 aromatic carbocycles. The molecule has 2 heterocycles. The van der Waals surface area contributed by atoms with Gasteiger partial charge in [0, 0.05) is 17.4 Å². The van der Waals surface area contributed by atoms with Crippen LogP contribution < -0.4 is 5.73 Å². The zero-order chi connectivity index (χ0) is 13.4. The standard InChI is InChI=1S/C13H10N4O2/c14-9-4-1-3-8(7-9)11-15-12-10(13(18)19)5-2-6-17(12)16-11/h1-7H,14H2,(H,18,19). The zero-order valence-corrected chi connectivity index (χ0v) is 9.82. The molecule has 0 aliphatic heterocycles. The first-order valence-electron chi connectivity index (χ1n) is 5.60. The van der Waals surface area contributed by atoms with Gasteiger partial charge in [0.25, 0.3) is 0 Å². The Bertz CT molecular complexity index is 779. The number of benzene rings is 1. The average molecular weight is 254 g/mol. The highest BCUT2D eigenvalue weighted by Gasteiger charge is 2.13. The summed E-state index contributed by atoms with van der Waals surface area (Å²) in [5.41, 5.74) is 7.50. The fraction of sp³-hybridized carbons (Fsp3) is 0. The molecular formula is C13H10N4O2. The molecule has 0 unspecified atom stereocenters. The van der Waals surface area contributed by atoms with Gasteiger partial charge >= 0.3 is 5.97 Å². The molecule has 0 fully saturated rings. The fourth-order valence-corrected chi connectivity index (χ4v) is 1.87. The van der Waals surface area contributed by atoms with Crippen LogP contribution in [-0.4, -0.2) is 25.7 Å². The van der Waals surface area contributed by atoms with Crippen LogP contribution in [0.15, 0.2) is 42.6 Å². The molecule has 0 aliphatic rings. The van der Waals surface area contributed by atoms with Crippen molar-refractivity contribution in [2.75, 3.05) is 5.73 Å². The van der Waals surface area contributed by atoms with Crippen LogP contribution in [-0.2, 0) is 0 Å². The molecule has 0 aliphatic carbocycles. The predicted molar refractivity (Wildman–Crippen MR) is 69.8 cm³/mol. The monoisotopic (exact) mass is 254 g/mol. The van der Waals surface area contributed by atoms with Crippen LogP contribution in [0.2, 0.25) is 0 Å². The number of hydrogen-bond acceptors (Lipinski definition) is 4. The number of nitrogens with zero attached hydrogens (tertiary/aromatic N) is 3. The Kier molecular flexibility index (Phi) is 2.42. The third-order valence-corrected chi connectivity index (χ3v) is 2.74. The normalized spacial score (nSPS) is 10.7. The van der Waals surface area contributed by atoms with Crippen molar-refractivity contribution in [1.29, 1.82) is 0 Å². The van der Waals surface area contributed by atoms with Gasteiger partial charge in [-0.3, -0.25) is 0 Å². The number of aromatic nitrogens is 3. The number of anilines is 1. The Morgan fingerprint density at radius 1 is 1.26 bits per heavy atom. The molecule has 0 atom stereocenters. The largest absolute Gasteiger partial charge is 0.478 e. The summed E-state index contributed by atoms with van der Waals surface area (Å²) >= 11 is 0. The van der Waals surface area contributed by atoms with E-state index in [0.29, 0.717) is 17.2 Å². The van der Waals surface area contributed by atoms with Gasteiger partial charge in [0.1, 0.15) is 5.56 Å². The Labute approximate surface area is 108 Å². The molecule has 2 aromatic heterocycles. The third kappa shape index (κ3) is 1.89. The highest BCUT2D eigenvalue weighted by Crippen LogP contribution is 2.19. The number of nitrogen functional groups attached to an aromatic ring is 1. The number of nitrogens with two attached hydrogens (primary N) is 1. The Hall–Kier alpha value is -2.89. The molecule has 3 aromatic rings. The first-order valence-corrected chi connectivity index (χ1v) is 5.60. The van der Waals surface area contributed by atoms with Gasteiger partial charge in [0.05, 0.1) is 0 Å². The van der Waals surface area contributed by atoms with Gasteiger partial charge < -0.3 is 10.8 Å². The second kappa shape index (κ2) is 4.09. The molecule has 94 valence electrons. The SMILES string of the molecule is Nc1cccc(-c2nc3c(C(=O)O)cccn3n2)c1. The molecule has 6 heteroatoms. The van der Waals surface area contributed by atoms with Crippen LogP contribution in [0.4, 0.5) is 5.69 Å². The quantitative estimate of drug-likeness (QED) is 0.678. The minimum absolute atomic E-state index is 0.116. The van der Waals surface area contributed by atoms with Gasteiger partial charge in [0.2, 0.25) is 0 Å². The lowest BCUT2D eigenvalue weighted by atomic mass is 10.2. The number of carboxylic acids is 1. The molecule has 0 spiro atoms. The molecule has 3 N–H and O–H groups in total. The highest BCUT2D eigenvalue weighted by molar-refractivity contribution is 5.94. The van der Waals surface area contributed by atoms with Crippen LogP contribution in [0.5, 0.6) is 0 Å². The Morgan fingerprint density at radius 2 is 2.11 bits per heavy atom. The fourth-order valence-electron chi connectivity index (χ4n) is 1.87. The zero-order valence-electron chi connectivity index (χ0n) is 9.82. The summed E-state index contributed by atoms with van der Waals surface area (Å²) in [5, 5.41) is 13.4. The van der Waals surface area contributed by atoms with Crippen LogP contribution in [0.25, 0.3) is 17.0 Å². The van der Waals surface area contributed by atoms with Crippen molar-refractivity contribution in [3.05, 3.63) is 48.2 Å². The van der Waals surface area contributed by atoms with Crippen molar-refractivity contribution in [3.8, 4) is 11.4 Å². The second-order valence-electron chi connectivity index (χ2n) is 4.06. The lowest BCUT2D eigenvalue weighted by molar-refractivity contribution is 0.0698. The summed E-state index contributed by atoms with van der Waals surface area (Å²) in [6, 6.07) is 10.3. The van der Waals surface area contributed by atoms with E-state index in [0.717, 1.165) is 5.56 Å². The summed E-state index contributed by atoms with van der Waals surface area (Å²) in [5.74, 6) is -0.585. The molecule has 6 nitrogen and oxygen atoms in total. The van der Waals surface area contributed by atoms with E-state index < -0.39 is 5.97 Å². The maximum absolute atomic E-state index is 11.1. The molecule has 0 saturated carbocycles. The molecule has 0 radical (unpaired) electrons. The van der Waals surface area contributed by atoms with Crippen LogP contribution in [0.3, 0.4) is 0 Å². The van der Waals surface area contributed by atoms with Crippen molar-refractivity contribution in [2.45, 2.75) is 0 Å². The van der Waals surface area contributed by atoms with Crippen LogP contribution in [0, 0.1) is 0 Å². The average Bonchev–Trinajstić information content (AvgIpc) is 2.82. The number of fused-ring (bicyclic) bond motifs is 1. The molecule has 19 heavy (non-hydrogen) atoms. The van der Waals surface area contributed by atoms with Crippen molar-refractivity contribution in [3.63, 3.8) is 0 Å². The van der Waals surface area contributed by atoms with Crippen molar-refractivity contribution in [1.82, 2.24) is 14.6 Å². The summed E-state index contributed by atoms with van der Waals surface area (Å²) in [7, 11) is 0. The van der Waals surface area contributed by atoms with Crippen molar-refractivity contribution < 1.29 is 9.90 Å². The van der Waals surface area contributed by atoms with E-state index in [-0.39, 0.29) is 5.56 Å². The van der Waals surface area contributed by atoms with Gasteiger partial charge in [-0.25, -0.2) is 14.3 Å². The Balaban J connectivity index is 2.22. The summed E-state index contributed by atoms with van der Waals surface area (Å²) in [6.45, 7) is 0.